The van der Waals surface area contributed by atoms with E-state index in [9.17, 15) is 14.7 Å². The SMILES string of the molecule is Cc1cc(CNc2n[nH]c(Cc3ccc(NC(=O)c4ccccc4CO)cc3)c2C(N)=O)cc(C)c1C. The number of hydrogen-bond acceptors (Lipinski definition) is 5. The van der Waals surface area contributed by atoms with Gasteiger partial charge in [0.25, 0.3) is 11.8 Å². The molecule has 0 saturated heterocycles. The Morgan fingerprint density at radius 3 is 2.30 bits per heavy atom. The number of aromatic amines is 1. The Hall–Kier alpha value is -4.43. The van der Waals surface area contributed by atoms with Crippen molar-refractivity contribution in [2.75, 3.05) is 10.6 Å². The predicted octanol–water partition coefficient (Wildman–Crippen LogP) is 4.38. The van der Waals surface area contributed by atoms with E-state index in [0.717, 1.165) is 11.1 Å². The molecule has 190 valence electrons. The molecule has 4 aromatic rings. The van der Waals surface area contributed by atoms with Gasteiger partial charge >= 0.3 is 0 Å². The third-order valence-electron chi connectivity index (χ3n) is 6.56. The molecule has 8 nitrogen and oxygen atoms in total. The van der Waals surface area contributed by atoms with Crippen LogP contribution in [-0.4, -0.2) is 27.1 Å². The summed E-state index contributed by atoms with van der Waals surface area (Å²) < 4.78 is 0. The summed E-state index contributed by atoms with van der Waals surface area (Å²) in [6.07, 6.45) is 0.414. The molecule has 6 N–H and O–H groups in total. The van der Waals surface area contributed by atoms with Crippen molar-refractivity contribution in [2.45, 2.75) is 40.3 Å². The van der Waals surface area contributed by atoms with Gasteiger partial charge in [0.2, 0.25) is 0 Å². The number of carbonyl (C=O) groups is 2. The molecule has 0 unspecified atom stereocenters. The molecule has 0 bridgehead atoms. The minimum atomic E-state index is -0.561. The zero-order valence-corrected chi connectivity index (χ0v) is 21.2. The van der Waals surface area contributed by atoms with Crippen molar-refractivity contribution < 1.29 is 14.7 Å². The molecule has 0 fully saturated rings. The van der Waals surface area contributed by atoms with E-state index < -0.39 is 5.91 Å². The van der Waals surface area contributed by atoms with Crippen molar-refractivity contribution in [3.63, 3.8) is 0 Å². The number of aliphatic hydroxyl groups is 1. The number of H-pyrrole nitrogens is 1. The first-order valence-corrected chi connectivity index (χ1v) is 12.0. The van der Waals surface area contributed by atoms with E-state index in [1.807, 2.05) is 12.1 Å². The van der Waals surface area contributed by atoms with E-state index in [1.165, 1.54) is 16.7 Å². The molecule has 0 saturated carbocycles. The van der Waals surface area contributed by atoms with Gasteiger partial charge < -0.3 is 21.5 Å². The fraction of sp³-hybridized carbons (Fsp3) is 0.207. The van der Waals surface area contributed by atoms with Gasteiger partial charge in [-0.05, 0) is 72.4 Å². The van der Waals surface area contributed by atoms with Gasteiger partial charge in [0.1, 0.15) is 5.56 Å². The number of hydrogen-bond donors (Lipinski definition) is 5. The molecule has 1 aromatic heterocycles. The molecule has 2 amide bonds. The third-order valence-corrected chi connectivity index (χ3v) is 6.56. The summed E-state index contributed by atoms with van der Waals surface area (Å²) in [6.45, 7) is 6.57. The number of anilines is 2. The van der Waals surface area contributed by atoms with Crippen molar-refractivity contribution in [3.05, 3.63) is 111 Å². The van der Waals surface area contributed by atoms with E-state index in [0.29, 0.717) is 46.9 Å². The van der Waals surface area contributed by atoms with Crippen molar-refractivity contribution in [1.29, 1.82) is 0 Å². The summed E-state index contributed by atoms with van der Waals surface area (Å²) in [7, 11) is 0. The Bertz CT molecular complexity index is 1420. The van der Waals surface area contributed by atoms with Gasteiger partial charge in [-0.15, -0.1) is 0 Å². The zero-order valence-electron chi connectivity index (χ0n) is 21.2. The monoisotopic (exact) mass is 497 g/mol. The van der Waals surface area contributed by atoms with Crippen LogP contribution in [-0.2, 0) is 19.6 Å². The van der Waals surface area contributed by atoms with Crippen molar-refractivity contribution in [1.82, 2.24) is 10.2 Å². The molecule has 0 aliphatic rings. The Morgan fingerprint density at radius 2 is 1.65 bits per heavy atom. The van der Waals surface area contributed by atoms with Crippen LogP contribution in [0.5, 0.6) is 0 Å². The van der Waals surface area contributed by atoms with Crippen LogP contribution < -0.4 is 16.4 Å². The summed E-state index contributed by atoms with van der Waals surface area (Å²) in [4.78, 5) is 24.9. The summed E-state index contributed by atoms with van der Waals surface area (Å²) in [5.41, 5.74) is 14.0. The minimum Gasteiger partial charge on any atom is -0.392 e. The second-order valence-corrected chi connectivity index (χ2v) is 9.14. The lowest BCUT2D eigenvalue weighted by atomic mass is 10.0. The fourth-order valence-electron chi connectivity index (χ4n) is 4.30. The second kappa shape index (κ2) is 11.1. The van der Waals surface area contributed by atoms with Gasteiger partial charge in [-0.1, -0.05) is 42.5 Å². The van der Waals surface area contributed by atoms with E-state index in [4.69, 9.17) is 5.73 Å². The lowest BCUT2D eigenvalue weighted by Gasteiger charge is -2.11. The molecule has 37 heavy (non-hydrogen) atoms. The van der Waals surface area contributed by atoms with Crippen LogP contribution in [0.4, 0.5) is 11.5 Å². The minimum absolute atomic E-state index is 0.212. The number of aromatic nitrogens is 2. The second-order valence-electron chi connectivity index (χ2n) is 9.14. The number of aliphatic hydroxyl groups excluding tert-OH is 1. The Kier molecular flexibility index (Phi) is 7.69. The van der Waals surface area contributed by atoms with Crippen LogP contribution >= 0.6 is 0 Å². The van der Waals surface area contributed by atoms with Gasteiger partial charge in [-0.3, -0.25) is 14.7 Å². The lowest BCUT2D eigenvalue weighted by molar-refractivity contribution is 0.0997. The summed E-state index contributed by atoms with van der Waals surface area (Å²) in [5, 5.41) is 22.8. The van der Waals surface area contributed by atoms with Crippen LogP contribution in [0.3, 0.4) is 0 Å². The smallest absolute Gasteiger partial charge is 0.256 e. The molecular formula is C29H31N5O3. The quantitative estimate of drug-likeness (QED) is 0.234. The summed E-state index contributed by atoms with van der Waals surface area (Å²) >= 11 is 0. The number of primary amides is 1. The van der Waals surface area contributed by atoms with Crippen LogP contribution in [0.25, 0.3) is 0 Å². The number of nitrogens with two attached hydrogens (primary N) is 1. The average molecular weight is 498 g/mol. The van der Waals surface area contributed by atoms with Gasteiger partial charge in [0.05, 0.1) is 12.3 Å². The first-order chi connectivity index (χ1) is 17.8. The number of carbonyl (C=O) groups excluding carboxylic acids is 2. The first kappa shape index (κ1) is 25.7. The number of rotatable bonds is 9. The molecule has 0 spiro atoms. The van der Waals surface area contributed by atoms with E-state index in [-0.39, 0.29) is 12.5 Å². The number of nitrogens with one attached hydrogen (secondary N) is 3. The normalized spacial score (nSPS) is 10.8. The standard InChI is InChI=1S/C29H31N5O3/c1-17-12-21(13-18(2)19(17)3)15-31-28-26(27(30)36)25(33-34-28)14-20-8-10-23(11-9-20)32-29(37)24-7-5-4-6-22(24)16-35/h4-13,35H,14-16H2,1-3H3,(H2,30,36)(H,32,37)(H2,31,33,34). The summed E-state index contributed by atoms with van der Waals surface area (Å²) in [5.74, 6) is -0.435. The van der Waals surface area contributed by atoms with Crippen molar-refractivity contribution in [2.24, 2.45) is 5.73 Å². The molecule has 3 aromatic carbocycles. The van der Waals surface area contributed by atoms with Crippen molar-refractivity contribution >= 4 is 23.3 Å². The van der Waals surface area contributed by atoms with Crippen molar-refractivity contribution in [3.8, 4) is 0 Å². The van der Waals surface area contributed by atoms with Gasteiger partial charge in [0.15, 0.2) is 5.82 Å². The highest BCUT2D eigenvalue weighted by Gasteiger charge is 2.19. The highest BCUT2D eigenvalue weighted by atomic mass is 16.3. The number of benzene rings is 3. The predicted molar refractivity (Wildman–Crippen MR) is 145 cm³/mol. The van der Waals surface area contributed by atoms with E-state index in [2.05, 4.69) is 53.7 Å². The third kappa shape index (κ3) is 5.87. The molecule has 0 aliphatic heterocycles. The van der Waals surface area contributed by atoms with E-state index in [1.54, 1.807) is 36.4 Å². The molecule has 4 rings (SSSR count). The zero-order chi connectivity index (χ0) is 26.5. The molecule has 0 aliphatic carbocycles. The Labute approximate surface area is 215 Å². The molecular weight excluding hydrogens is 466 g/mol. The molecule has 8 heteroatoms. The molecule has 0 atom stereocenters. The molecule has 0 radical (unpaired) electrons. The molecule has 1 heterocycles. The largest absolute Gasteiger partial charge is 0.392 e. The van der Waals surface area contributed by atoms with E-state index >= 15 is 0 Å². The lowest BCUT2D eigenvalue weighted by Crippen LogP contribution is -2.16. The average Bonchev–Trinajstić information content (AvgIpc) is 3.29. The highest BCUT2D eigenvalue weighted by Crippen LogP contribution is 2.22. The van der Waals surface area contributed by atoms with Gasteiger partial charge in [-0.2, -0.15) is 5.10 Å². The Balaban J connectivity index is 1.45. The van der Waals surface area contributed by atoms with Gasteiger partial charge in [0, 0.05) is 24.2 Å². The Morgan fingerprint density at radius 1 is 0.973 bits per heavy atom. The maximum Gasteiger partial charge on any atom is 0.256 e. The number of aryl methyl sites for hydroxylation is 2. The van der Waals surface area contributed by atoms with Gasteiger partial charge in [-0.25, -0.2) is 0 Å². The van der Waals surface area contributed by atoms with Crippen LogP contribution in [0.15, 0.2) is 60.7 Å². The number of amides is 2. The summed E-state index contributed by atoms with van der Waals surface area (Å²) in [6, 6.07) is 18.5. The highest BCUT2D eigenvalue weighted by molar-refractivity contribution is 6.05. The topological polar surface area (TPSA) is 133 Å². The maximum absolute atomic E-state index is 12.6. The van der Waals surface area contributed by atoms with Crippen LogP contribution in [0.2, 0.25) is 0 Å². The van der Waals surface area contributed by atoms with Crippen LogP contribution in [0, 0.1) is 20.8 Å². The number of nitrogens with zero attached hydrogens (tertiary/aromatic N) is 1. The van der Waals surface area contributed by atoms with Crippen LogP contribution in [0.1, 0.15) is 59.8 Å². The first-order valence-electron chi connectivity index (χ1n) is 12.0. The maximum atomic E-state index is 12.6. The fourth-order valence-corrected chi connectivity index (χ4v) is 4.30.